The van der Waals surface area contributed by atoms with Crippen molar-refractivity contribution in [2.45, 2.75) is 12.3 Å². The van der Waals surface area contributed by atoms with Gasteiger partial charge in [0.25, 0.3) is 0 Å². The smallest absolute Gasteiger partial charge is 0.177 e. The van der Waals surface area contributed by atoms with E-state index in [-0.39, 0.29) is 11.6 Å². The van der Waals surface area contributed by atoms with Crippen molar-refractivity contribution in [2.24, 2.45) is 0 Å². The van der Waals surface area contributed by atoms with Gasteiger partial charge in [-0.25, -0.2) is 0 Å². The number of benzene rings is 2. The molecule has 1 unspecified atom stereocenters. The first kappa shape index (κ1) is 10.9. The van der Waals surface area contributed by atoms with Gasteiger partial charge in [-0.3, -0.25) is 9.59 Å². The summed E-state index contributed by atoms with van der Waals surface area (Å²) in [6.07, 6.45) is 0.374. The van der Waals surface area contributed by atoms with Gasteiger partial charge in [0.15, 0.2) is 11.6 Å². The van der Waals surface area contributed by atoms with Gasteiger partial charge in [0.2, 0.25) is 0 Å². The summed E-state index contributed by atoms with van der Waals surface area (Å²) in [5, 5.41) is 0. The van der Waals surface area contributed by atoms with E-state index in [9.17, 15) is 9.59 Å². The van der Waals surface area contributed by atoms with E-state index in [0.29, 0.717) is 12.0 Å². The predicted molar refractivity (Wildman–Crippen MR) is 68.7 cm³/mol. The normalized spacial score (nSPS) is 17.6. The molecule has 0 saturated heterocycles. The van der Waals surface area contributed by atoms with Crippen molar-refractivity contribution in [3.8, 4) is 0 Å². The Bertz CT molecular complexity index is 614. The quantitative estimate of drug-likeness (QED) is 0.593. The highest BCUT2D eigenvalue weighted by Crippen LogP contribution is 2.32. The monoisotopic (exact) mass is 236 g/mol. The molecule has 0 heterocycles. The van der Waals surface area contributed by atoms with E-state index >= 15 is 0 Å². The highest BCUT2D eigenvalue weighted by Gasteiger charge is 2.35. The number of hydrogen-bond acceptors (Lipinski definition) is 2. The number of fused-ring (bicyclic) bond motifs is 1. The summed E-state index contributed by atoms with van der Waals surface area (Å²) in [6, 6.07) is 16.6. The van der Waals surface area contributed by atoms with Gasteiger partial charge in [-0.15, -0.1) is 0 Å². The minimum atomic E-state index is -0.608. The lowest BCUT2D eigenvalue weighted by Crippen LogP contribution is -2.17. The van der Waals surface area contributed by atoms with E-state index in [2.05, 4.69) is 0 Å². The summed E-state index contributed by atoms with van der Waals surface area (Å²) < 4.78 is 0. The molecule has 2 aromatic rings. The van der Waals surface area contributed by atoms with E-state index in [4.69, 9.17) is 0 Å². The number of hydrogen-bond donors (Lipinski definition) is 0. The van der Waals surface area contributed by atoms with Crippen molar-refractivity contribution >= 4 is 11.6 Å². The maximum Gasteiger partial charge on any atom is 0.177 e. The van der Waals surface area contributed by atoms with Crippen LogP contribution in [0.2, 0.25) is 0 Å². The molecule has 2 nitrogen and oxygen atoms in total. The van der Waals surface area contributed by atoms with Gasteiger partial charge in [-0.1, -0.05) is 54.6 Å². The lowest BCUT2D eigenvalue weighted by molar-refractivity contribution is -0.118. The molecule has 0 saturated carbocycles. The molecule has 0 aromatic heterocycles. The average Bonchev–Trinajstić information content (AvgIpc) is 2.75. The van der Waals surface area contributed by atoms with Crippen molar-refractivity contribution in [2.75, 3.05) is 0 Å². The fourth-order valence-corrected chi connectivity index (χ4v) is 2.50. The largest absolute Gasteiger partial charge is 0.298 e. The average molecular weight is 236 g/mol. The zero-order valence-electron chi connectivity index (χ0n) is 9.80. The molecule has 0 N–H and O–H groups in total. The highest BCUT2D eigenvalue weighted by molar-refractivity contribution is 6.17. The van der Waals surface area contributed by atoms with Gasteiger partial charge < -0.3 is 0 Å². The van der Waals surface area contributed by atoms with Crippen LogP contribution in [0.3, 0.4) is 0 Å². The molecule has 2 heteroatoms. The van der Waals surface area contributed by atoms with Crippen LogP contribution in [-0.2, 0) is 11.2 Å². The summed E-state index contributed by atoms with van der Waals surface area (Å²) in [5.74, 6) is -0.695. The van der Waals surface area contributed by atoms with Gasteiger partial charge in [0.05, 0.1) is 0 Å². The standard InChI is InChI=1S/C16H12O2/c17-14-10-12-8-4-5-9-13(12)15(14)16(18)11-6-2-1-3-7-11/h1-9,15H,10H2. The highest BCUT2D eigenvalue weighted by atomic mass is 16.2. The molecule has 1 aliphatic carbocycles. The second-order valence-electron chi connectivity index (χ2n) is 4.51. The van der Waals surface area contributed by atoms with E-state index in [0.717, 1.165) is 11.1 Å². The third-order valence-corrected chi connectivity index (χ3v) is 3.37. The SMILES string of the molecule is O=C1Cc2ccccc2C1C(=O)c1ccccc1. The van der Waals surface area contributed by atoms with Crippen LogP contribution in [0, 0.1) is 0 Å². The molecule has 0 amide bonds. The lowest BCUT2D eigenvalue weighted by atomic mass is 9.91. The van der Waals surface area contributed by atoms with E-state index in [1.54, 1.807) is 12.1 Å². The van der Waals surface area contributed by atoms with Gasteiger partial charge in [-0.2, -0.15) is 0 Å². The van der Waals surface area contributed by atoms with Crippen LogP contribution >= 0.6 is 0 Å². The van der Waals surface area contributed by atoms with E-state index in [1.165, 1.54) is 0 Å². The minimum absolute atomic E-state index is 0.00468. The molecule has 2 aromatic carbocycles. The van der Waals surface area contributed by atoms with E-state index < -0.39 is 5.92 Å². The van der Waals surface area contributed by atoms with E-state index in [1.807, 2.05) is 42.5 Å². The van der Waals surface area contributed by atoms with Crippen molar-refractivity contribution in [1.29, 1.82) is 0 Å². The van der Waals surface area contributed by atoms with Crippen LogP contribution in [0.1, 0.15) is 27.4 Å². The Hall–Kier alpha value is -2.22. The topological polar surface area (TPSA) is 34.1 Å². The molecule has 3 rings (SSSR count). The molecule has 0 spiro atoms. The summed E-state index contributed by atoms with van der Waals surface area (Å²) in [7, 11) is 0. The van der Waals surface area contributed by atoms with Crippen molar-refractivity contribution in [3.05, 3.63) is 71.3 Å². The van der Waals surface area contributed by atoms with Crippen LogP contribution in [0.5, 0.6) is 0 Å². The first-order valence-electron chi connectivity index (χ1n) is 5.97. The molecular weight excluding hydrogens is 224 g/mol. The number of Topliss-reactive ketones (excluding diaryl/α,β-unsaturated/α-hetero) is 2. The van der Waals surface area contributed by atoms with Crippen LogP contribution in [0.25, 0.3) is 0 Å². The minimum Gasteiger partial charge on any atom is -0.298 e. The summed E-state index contributed by atoms with van der Waals surface area (Å²) in [6.45, 7) is 0. The molecule has 1 atom stereocenters. The maximum absolute atomic E-state index is 12.4. The molecule has 18 heavy (non-hydrogen) atoms. The molecule has 0 aliphatic heterocycles. The van der Waals surface area contributed by atoms with Crippen molar-refractivity contribution in [3.63, 3.8) is 0 Å². The van der Waals surface area contributed by atoms with Crippen molar-refractivity contribution < 1.29 is 9.59 Å². The summed E-state index contributed by atoms with van der Waals surface area (Å²) >= 11 is 0. The number of carbonyl (C=O) groups excluding carboxylic acids is 2. The molecule has 0 radical (unpaired) electrons. The fraction of sp³-hybridized carbons (Fsp3) is 0.125. The maximum atomic E-state index is 12.4. The number of rotatable bonds is 2. The Labute approximate surface area is 105 Å². The third-order valence-electron chi connectivity index (χ3n) is 3.37. The van der Waals surface area contributed by atoms with Gasteiger partial charge in [-0.05, 0) is 11.1 Å². The Kier molecular flexibility index (Phi) is 2.56. The van der Waals surface area contributed by atoms with Gasteiger partial charge in [0, 0.05) is 12.0 Å². The number of ketones is 2. The van der Waals surface area contributed by atoms with Crippen molar-refractivity contribution in [1.82, 2.24) is 0 Å². The first-order chi connectivity index (χ1) is 8.77. The zero-order chi connectivity index (χ0) is 12.5. The molecule has 0 bridgehead atoms. The van der Waals surface area contributed by atoms with Crippen LogP contribution < -0.4 is 0 Å². The van der Waals surface area contributed by atoms with Crippen LogP contribution in [0.4, 0.5) is 0 Å². The Balaban J connectivity index is 2.03. The summed E-state index contributed by atoms with van der Waals surface area (Å²) in [5.41, 5.74) is 2.46. The molecular formula is C16H12O2. The third kappa shape index (κ3) is 1.66. The van der Waals surface area contributed by atoms with Crippen LogP contribution in [0.15, 0.2) is 54.6 Å². The Morgan fingerprint density at radius 2 is 1.61 bits per heavy atom. The second-order valence-corrected chi connectivity index (χ2v) is 4.51. The fourth-order valence-electron chi connectivity index (χ4n) is 2.50. The number of carbonyl (C=O) groups is 2. The summed E-state index contributed by atoms with van der Waals surface area (Å²) in [4.78, 5) is 24.4. The Morgan fingerprint density at radius 1 is 0.944 bits per heavy atom. The van der Waals surface area contributed by atoms with Crippen LogP contribution in [-0.4, -0.2) is 11.6 Å². The zero-order valence-corrected chi connectivity index (χ0v) is 9.80. The molecule has 1 aliphatic rings. The van der Waals surface area contributed by atoms with Gasteiger partial charge in [0.1, 0.15) is 5.92 Å². The molecule has 88 valence electrons. The Morgan fingerprint density at radius 3 is 2.39 bits per heavy atom. The second kappa shape index (κ2) is 4.22. The van der Waals surface area contributed by atoms with Gasteiger partial charge >= 0.3 is 0 Å². The predicted octanol–water partition coefficient (Wildman–Crippen LogP) is 2.78. The lowest BCUT2D eigenvalue weighted by Gasteiger charge is -2.09. The first-order valence-corrected chi connectivity index (χ1v) is 5.97. The molecule has 0 fully saturated rings.